The van der Waals surface area contributed by atoms with Gasteiger partial charge in [-0.25, -0.2) is 4.68 Å². The Labute approximate surface area is 180 Å². The second-order valence-electron chi connectivity index (χ2n) is 6.58. The Bertz CT molecular complexity index is 1060. The van der Waals surface area contributed by atoms with Gasteiger partial charge in [0.05, 0.1) is 40.7 Å². The van der Waals surface area contributed by atoms with Gasteiger partial charge in [0.1, 0.15) is 11.5 Å². The molecule has 160 valence electrons. The topological polar surface area (TPSA) is 71.1 Å². The van der Waals surface area contributed by atoms with Crippen molar-refractivity contribution in [3.05, 3.63) is 46.8 Å². The van der Waals surface area contributed by atoms with Crippen molar-refractivity contribution in [1.82, 2.24) is 14.7 Å². The largest absolute Gasteiger partial charge is 0.497 e. The third-order valence-electron chi connectivity index (χ3n) is 4.52. The van der Waals surface area contributed by atoms with Crippen LogP contribution in [0.25, 0.3) is 11.5 Å². The van der Waals surface area contributed by atoms with Gasteiger partial charge < -0.3 is 23.4 Å². The molecule has 0 N–H and O–H groups in total. The number of ether oxygens (including phenoxy) is 4. The highest BCUT2D eigenvalue weighted by molar-refractivity contribution is 7.71. The van der Waals surface area contributed by atoms with Crippen LogP contribution in [0.2, 0.25) is 0 Å². The van der Waals surface area contributed by atoms with Crippen LogP contribution in [0.4, 0.5) is 0 Å². The van der Waals surface area contributed by atoms with E-state index in [-0.39, 0.29) is 4.84 Å². The number of nitrogens with zero attached hydrogens (tertiary/aromatic N) is 3. The molecule has 0 saturated carbocycles. The summed E-state index contributed by atoms with van der Waals surface area (Å²) in [5.41, 5.74) is 1.77. The Balaban J connectivity index is 1.77. The van der Waals surface area contributed by atoms with E-state index >= 15 is 0 Å². The van der Waals surface area contributed by atoms with Crippen LogP contribution in [-0.2, 0) is 13.2 Å². The van der Waals surface area contributed by atoms with E-state index in [1.54, 1.807) is 39.2 Å². The standard InChI is InChI=1S/C21H25N3O5S/c1-23(12-14-6-9-17(26-3)19(10-14)28-5)13-24-21(30)29-20(22-24)16-8-7-15(25-2)11-18(16)27-4/h6-11H,12-13H2,1-5H3. The molecule has 3 rings (SSSR count). The highest BCUT2D eigenvalue weighted by atomic mass is 32.1. The maximum absolute atomic E-state index is 5.72. The van der Waals surface area contributed by atoms with Crippen molar-refractivity contribution >= 4 is 12.2 Å². The molecule has 0 unspecified atom stereocenters. The molecule has 0 saturated heterocycles. The molecule has 0 aliphatic carbocycles. The fourth-order valence-electron chi connectivity index (χ4n) is 3.05. The van der Waals surface area contributed by atoms with Crippen molar-refractivity contribution in [3.8, 4) is 34.5 Å². The monoisotopic (exact) mass is 431 g/mol. The maximum Gasteiger partial charge on any atom is 0.288 e. The SMILES string of the molecule is COc1ccc(-c2nn(CN(C)Cc3ccc(OC)c(OC)c3)c(=S)o2)c(OC)c1. The fourth-order valence-corrected chi connectivity index (χ4v) is 3.23. The molecule has 0 aliphatic heterocycles. The Hall–Kier alpha value is -3.04. The predicted molar refractivity (Wildman–Crippen MR) is 115 cm³/mol. The molecule has 1 heterocycles. The third kappa shape index (κ3) is 4.74. The summed E-state index contributed by atoms with van der Waals surface area (Å²) in [7, 11) is 8.39. The van der Waals surface area contributed by atoms with E-state index in [4.69, 9.17) is 35.6 Å². The smallest absolute Gasteiger partial charge is 0.288 e. The van der Waals surface area contributed by atoms with E-state index in [0.29, 0.717) is 47.7 Å². The number of aromatic nitrogens is 2. The molecule has 0 aliphatic rings. The zero-order valence-corrected chi connectivity index (χ0v) is 18.5. The minimum absolute atomic E-state index is 0.280. The first-order chi connectivity index (χ1) is 14.5. The molecule has 0 spiro atoms. The average Bonchev–Trinajstić information content (AvgIpc) is 3.12. The first kappa shape index (κ1) is 21.7. The van der Waals surface area contributed by atoms with Gasteiger partial charge in [-0.05, 0) is 49.1 Å². The summed E-state index contributed by atoms with van der Waals surface area (Å²) in [6.45, 7) is 1.12. The van der Waals surface area contributed by atoms with Crippen LogP contribution >= 0.6 is 12.2 Å². The van der Waals surface area contributed by atoms with Crippen molar-refractivity contribution < 1.29 is 23.4 Å². The Morgan fingerprint density at radius 3 is 2.33 bits per heavy atom. The van der Waals surface area contributed by atoms with Crippen molar-refractivity contribution in [2.45, 2.75) is 13.2 Å². The minimum atomic E-state index is 0.280. The lowest BCUT2D eigenvalue weighted by Crippen LogP contribution is -2.22. The Kier molecular flexibility index (Phi) is 6.96. The van der Waals surface area contributed by atoms with Crippen LogP contribution in [0.15, 0.2) is 40.8 Å². The Morgan fingerprint density at radius 2 is 1.67 bits per heavy atom. The minimum Gasteiger partial charge on any atom is -0.497 e. The van der Waals surface area contributed by atoms with Gasteiger partial charge in [-0.3, -0.25) is 4.90 Å². The van der Waals surface area contributed by atoms with Crippen molar-refractivity contribution in [1.29, 1.82) is 0 Å². The highest BCUT2D eigenvalue weighted by Gasteiger charge is 2.15. The lowest BCUT2D eigenvalue weighted by atomic mass is 10.2. The van der Waals surface area contributed by atoms with Gasteiger partial charge >= 0.3 is 0 Å². The zero-order valence-electron chi connectivity index (χ0n) is 17.7. The molecule has 0 atom stereocenters. The van der Waals surface area contributed by atoms with E-state index in [9.17, 15) is 0 Å². The number of rotatable bonds is 9. The third-order valence-corrected chi connectivity index (χ3v) is 4.82. The van der Waals surface area contributed by atoms with E-state index in [1.165, 1.54) is 0 Å². The number of methoxy groups -OCH3 is 4. The van der Waals surface area contributed by atoms with Crippen LogP contribution in [0, 0.1) is 4.84 Å². The van der Waals surface area contributed by atoms with Gasteiger partial charge in [-0.1, -0.05) is 6.07 Å². The van der Waals surface area contributed by atoms with E-state index < -0.39 is 0 Å². The summed E-state index contributed by atoms with van der Waals surface area (Å²) in [5.74, 6) is 3.05. The van der Waals surface area contributed by atoms with E-state index in [2.05, 4.69) is 10.00 Å². The van der Waals surface area contributed by atoms with Gasteiger partial charge in [0.2, 0.25) is 0 Å². The summed E-state index contributed by atoms with van der Waals surface area (Å²) in [5, 5.41) is 4.53. The van der Waals surface area contributed by atoms with Crippen LogP contribution in [0.3, 0.4) is 0 Å². The lowest BCUT2D eigenvalue weighted by molar-refractivity contribution is 0.240. The first-order valence-electron chi connectivity index (χ1n) is 9.18. The van der Waals surface area contributed by atoms with Crippen molar-refractivity contribution in [2.24, 2.45) is 0 Å². The molecule has 1 aromatic heterocycles. The zero-order chi connectivity index (χ0) is 21.7. The molecule has 30 heavy (non-hydrogen) atoms. The molecule has 3 aromatic rings. The van der Waals surface area contributed by atoms with E-state index in [0.717, 1.165) is 5.56 Å². The quantitative estimate of drug-likeness (QED) is 0.471. The van der Waals surface area contributed by atoms with Crippen LogP contribution in [-0.4, -0.2) is 50.2 Å². The molecule has 9 heteroatoms. The lowest BCUT2D eigenvalue weighted by Gasteiger charge is -2.17. The summed E-state index contributed by atoms with van der Waals surface area (Å²) >= 11 is 5.36. The van der Waals surface area contributed by atoms with E-state index in [1.807, 2.05) is 37.4 Å². The summed E-state index contributed by atoms with van der Waals surface area (Å²) in [6.07, 6.45) is 0. The fraction of sp³-hybridized carbons (Fsp3) is 0.333. The maximum atomic E-state index is 5.72. The number of hydrogen-bond donors (Lipinski definition) is 0. The molecule has 0 bridgehead atoms. The molecule has 0 fully saturated rings. The van der Waals surface area contributed by atoms with Crippen LogP contribution in [0.5, 0.6) is 23.0 Å². The average molecular weight is 432 g/mol. The highest BCUT2D eigenvalue weighted by Crippen LogP contribution is 2.32. The second-order valence-corrected chi connectivity index (χ2v) is 6.93. The number of benzene rings is 2. The summed E-state index contributed by atoms with van der Waals surface area (Å²) in [6, 6.07) is 11.3. The summed E-state index contributed by atoms with van der Waals surface area (Å²) in [4.78, 5) is 2.34. The molecular formula is C21H25N3O5S. The van der Waals surface area contributed by atoms with Gasteiger partial charge in [0.25, 0.3) is 10.7 Å². The molecular weight excluding hydrogens is 406 g/mol. The molecule has 8 nitrogen and oxygen atoms in total. The summed E-state index contributed by atoms with van der Waals surface area (Å²) < 4.78 is 28.7. The van der Waals surface area contributed by atoms with Gasteiger partial charge in [-0.15, -0.1) is 5.10 Å². The van der Waals surface area contributed by atoms with Crippen LogP contribution in [0.1, 0.15) is 5.56 Å². The van der Waals surface area contributed by atoms with Gasteiger partial charge in [0.15, 0.2) is 11.5 Å². The first-order valence-corrected chi connectivity index (χ1v) is 9.59. The number of hydrogen-bond acceptors (Lipinski definition) is 8. The Morgan fingerprint density at radius 1 is 0.933 bits per heavy atom. The molecule has 0 amide bonds. The molecule has 2 aromatic carbocycles. The van der Waals surface area contributed by atoms with Gasteiger partial charge in [-0.2, -0.15) is 0 Å². The normalized spacial score (nSPS) is 10.9. The van der Waals surface area contributed by atoms with Crippen LogP contribution < -0.4 is 18.9 Å². The van der Waals surface area contributed by atoms with Gasteiger partial charge in [0, 0.05) is 12.6 Å². The predicted octanol–water partition coefficient (Wildman–Crippen LogP) is 4.00. The molecule has 0 radical (unpaired) electrons. The van der Waals surface area contributed by atoms with Crippen molar-refractivity contribution in [2.75, 3.05) is 35.5 Å². The second kappa shape index (κ2) is 9.64. The van der Waals surface area contributed by atoms with Crippen molar-refractivity contribution in [3.63, 3.8) is 0 Å².